The summed E-state index contributed by atoms with van der Waals surface area (Å²) in [7, 11) is 1.53. The Bertz CT molecular complexity index is 1190. The minimum Gasteiger partial charge on any atom is -0.376 e. The van der Waals surface area contributed by atoms with E-state index in [1.807, 2.05) is 18.4 Å². The Morgan fingerprint density at radius 3 is 2.63 bits per heavy atom. The molecule has 0 unspecified atom stereocenters. The molecular weight excluding hydrogens is 352 g/mol. The summed E-state index contributed by atoms with van der Waals surface area (Å²) in [5.41, 5.74) is 6.39. The number of primary amides is 1. The smallest absolute Gasteiger partial charge is 0.332 e. The van der Waals surface area contributed by atoms with Gasteiger partial charge in [-0.05, 0) is 26.7 Å². The number of hydrogen-bond donors (Lipinski definition) is 1. The molecule has 10 heteroatoms. The van der Waals surface area contributed by atoms with Crippen molar-refractivity contribution in [3.05, 3.63) is 32.2 Å². The van der Waals surface area contributed by atoms with Crippen LogP contribution in [-0.2, 0) is 29.7 Å². The van der Waals surface area contributed by atoms with E-state index in [1.54, 1.807) is 4.40 Å². The maximum absolute atomic E-state index is 13.0. The normalized spacial score (nSPS) is 17.4. The molecule has 0 spiro atoms. The number of aromatic nitrogens is 5. The van der Waals surface area contributed by atoms with Crippen molar-refractivity contribution in [2.75, 3.05) is 6.61 Å². The van der Waals surface area contributed by atoms with Crippen LogP contribution < -0.4 is 17.0 Å². The highest BCUT2D eigenvalue weighted by Gasteiger charge is 2.25. The van der Waals surface area contributed by atoms with E-state index in [0.29, 0.717) is 12.3 Å². The molecule has 0 radical (unpaired) electrons. The molecule has 0 bridgehead atoms. The third-order valence-corrected chi connectivity index (χ3v) is 5.35. The maximum atomic E-state index is 13.0. The third kappa shape index (κ3) is 2.51. The number of carbonyl (C=O) groups is 1. The Hall–Kier alpha value is -2.88. The molecule has 1 fully saturated rings. The topological polar surface area (TPSA) is 119 Å². The number of hydrogen-bond acceptors (Lipinski definition) is 5. The SMILES string of the molecule is Cc1c(C)n2c3c(=O)n(CC(N)=O)c(=O)n(C)c3nc2n1C[C@@H]1CCCO1. The summed E-state index contributed by atoms with van der Waals surface area (Å²) in [4.78, 5) is 41.4. The molecule has 3 aromatic heterocycles. The summed E-state index contributed by atoms with van der Waals surface area (Å²) in [5, 5.41) is 0. The van der Waals surface area contributed by atoms with Crippen molar-refractivity contribution in [3.8, 4) is 0 Å². The predicted molar refractivity (Wildman–Crippen MR) is 97.8 cm³/mol. The minimum absolute atomic E-state index is 0.106. The van der Waals surface area contributed by atoms with Crippen molar-refractivity contribution in [1.29, 1.82) is 0 Å². The molecule has 0 aromatic carbocycles. The Morgan fingerprint density at radius 2 is 2.00 bits per heavy atom. The van der Waals surface area contributed by atoms with Gasteiger partial charge in [0.1, 0.15) is 6.54 Å². The second-order valence-electron chi connectivity index (χ2n) is 7.04. The standard InChI is InChI=1S/C17H22N6O4/c1-9-10(2)23-13-14(19-16(23)21(9)7-11-5-4-6-27-11)20(3)17(26)22(15(13)25)8-12(18)24/h11H,4-8H2,1-3H3,(H2,18,24)/t11-/m0/s1. The van der Waals surface area contributed by atoms with Gasteiger partial charge in [-0.2, -0.15) is 4.98 Å². The molecule has 1 aliphatic rings. The molecular formula is C17H22N6O4. The van der Waals surface area contributed by atoms with Crippen molar-refractivity contribution in [1.82, 2.24) is 23.1 Å². The first-order valence-corrected chi connectivity index (χ1v) is 8.88. The highest BCUT2D eigenvalue weighted by atomic mass is 16.5. The van der Waals surface area contributed by atoms with Gasteiger partial charge in [-0.1, -0.05) is 0 Å². The van der Waals surface area contributed by atoms with Gasteiger partial charge in [0.25, 0.3) is 5.56 Å². The summed E-state index contributed by atoms with van der Waals surface area (Å²) >= 11 is 0. The summed E-state index contributed by atoms with van der Waals surface area (Å²) in [6, 6.07) is 0. The highest BCUT2D eigenvalue weighted by molar-refractivity contribution is 5.77. The number of imidazole rings is 2. The summed E-state index contributed by atoms with van der Waals surface area (Å²) in [6.07, 6.45) is 2.12. The fourth-order valence-corrected chi connectivity index (χ4v) is 3.82. The van der Waals surface area contributed by atoms with Crippen LogP contribution in [0.4, 0.5) is 0 Å². The first-order valence-electron chi connectivity index (χ1n) is 8.88. The van der Waals surface area contributed by atoms with Gasteiger partial charge in [-0.25, -0.2) is 9.36 Å². The molecule has 4 heterocycles. The van der Waals surface area contributed by atoms with Crippen LogP contribution in [0.5, 0.6) is 0 Å². The fourth-order valence-electron chi connectivity index (χ4n) is 3.82. The van der Waals surface area contributed by atoms with Crippen LogP contribution >= 0.6 is 0 Å². The third-order valence-electron chi connectivity index (χ3n) is 5.35. The number of nitrogens with zero attached hydrogens (tertiary/aromatic N) is 5. The molecule has 4 rings (SSSR count). The Balaban J connectivity index is 2.04. The lowest BCUT2D eigenvalue weighted by Gasteiger charge is -2.12. The summed E-state index contributed by atoms with van der Waals surface area (Å²) in [5.74, 6) is -0.169. The molecule has 0 saturated carbocycles. The lowest BCUT2D eigenvalue weighted by atomic mass is 10.2. The van der Waals surface area contributed by atoms with Crippen LogP contribution in [-0.4, -0.2) is 41.7 Å². The van der Waals surface area contributed by atoms with E-state index in [2.05, 4.69) is 4.98 Å². The number of nitrogens with two attached hydrogens (primary N) is 1. The van der Waals surface area contributed by atoms with Crippen LogP contribution in [0.2, 0.25) is 0 Å². The van der Waals surface area contributed by atoms with Crippen molar-refractivity contribution < 1.29 is 9.53 Å². The van der Waals surface area contributed by atoms with E-state index >= 15 is 0 Å². The average molecular weight is 374 g/mol. The van der Waals surface area contributed by atoms with Crippen LogP contribution in [0.25, 0.3) is 16.9 Å². The Kier molecular flexibility index (Phi) is 3.95. The fraction of sp³-hybridized carbons (Fsp3) is 0.529. The minimum atomic E-state index is -0.752. The molecule has 144 valence electrons. The van der Waals surface area contributed by atoms with Gasteiger partial charge in [0.2, 0.25) is 11.7 Å². The van der Waals surface area contributed by atoms with Crippen LogP contribution in [0.1, 0.15) is 24.2 Å². The van der Waals surface area contributed by atoms with Gasteiger partial charge in [0, 0.05) is 25.0 Å². The van der Waals surface area contributed by atoms with Gasteiger partial charge in [0.05, 0.1) is 12.6 Å². The molecule has 1 aliphatic heterocycles. The van der Waals surface area contributed by atoms with E-state index in [4.69, 9.17) is 10.5 Å². The van der Waals surface area contributed by atoms with Gasteiger partial charge in [0.15, 0.2) is 11.2 Å². The second-order valence-corrected chi connectivity index (χ2v) is 7.04. The van der Waals surface area contributed by atoms with E-state index in [0.717, 1.165) is 35.4 Å². The largest absolute Gasteiger partial charge is 0.376 e. The zero-order valence-electron chi connectivity index (χ0n) is 15.6. The number of fused-ring (bicyclic) bond motifs is 3. The number of aryl methyl sites for hydroxylation is 2. The first-order chi connectivity index (χ1) is 12.8. The number of ether oxygens (including phenoxy) is 1. The molecule has 1 saturated heterocycles. The molecule has 1 amide bonds. The maximum Gasteiger partial charge on any atom is 0.332 e. The van der Waals surface area contributed by atoms with Crippen molar-refractivity contribution >= 4 is 22.8 Å². The van der Waals surface area contributed by atoms with E-state index in [-0.39, 0.29) is 17.3 Å². The second kappa shape index (κ2) is 6.08. The number of amides is 1. The monoisotopic (exact) mass is 374 g/mol. The zero-order chi connectivity index (χ0) is 19.5. The quantitative estimate of drug-likeness (QED) is 0.656. The summed E-state index contributed by atoms with van der Waals surface area (Å²) < 4.78 is 11.6. The highest BCUT2D eigenvalue weighted by Crippen LogP contribution is 2.23. The molecule has 1 atom stereocenters. The molecule has 10 nitrogen and oxygen atoms in total. The molecule has 0 aliphatic carbocycles. The van der Waals surface area contributed by atoms with Crippen molar-refractivity contribution in [2.45, 2.75) is 45.9 Å². The van der Waals surface area contributed by atoms with Crippen molar-refractivity contribution in [2.24, 2.45) is 12.8 Å². The van der Waals surface area contributed by atoms with Crippen LogP contribution in [0.15, 0.2) is 9.59 Å². The van der Waals surface area contributed by atoms with Crippen LogP contribution in [0, 0.1) is 13.8 Å². The van der Waals surface area contributed by atoms with Gasteiger partial charge >= 0.3 is 5.69 Å². The van der Waals surface area contributed by atoms with Crippen LogP contribution in [0.3, 0.4) is 0 Å². The van der Waals surface area contributed by atoms with Gasteiger partial charge < -0.3 is 15.0 Å². The lowest BCUT2D eigenvalue weighted by Crippen LogP contribution is -2.42. The van der Waals surface area contributed by atoms with E-state index < -0.39 is 23.7 Å². The Morgan fingerprint density at radius 1 is 1.26 bits per heavy atom. The number of rotatable bonds is 4. The van der Waals surface area contributed by atoms with Gasteiger partial charge in [-0.3, -0.25) is 18.6 Å². The number of carbonyl (C=O) groups excluding carboxylic acids is 1. The molecule has 3 aromatic rings. The average Bonchev–Trinajstić information content (AvgIpc) is 3.31. The lowest BCUT2D eigenvalue weighted by molar-refractivity contribution is -0.118. The summed E-state index contributed by atoms with van der Waals surface area (Å²) in [6.45, 7) is 4.79. The molecule has 27 heavy (non-hydrogen) atoms. The van der Waals surface area contributed by atoms with E-state index in [9.17, 15) is 14.4 Å². The van der Waals surface area contributed by atoms with E-state index in [1.165, 1.54) is 11.6 Å². The Labute approximate surface area is 153 Å². The molecule has 2 N–H and O–H groups in total. The first kappa shape index (κ1) is 17.5. The zero-order valence-corrected chi connectivity index (χ0v) is 15.6. The van der Waals surface area contributed by atoms with Gasteiger partial charge in [-0.15, -0.1) is 0 Å². The predicted octanol–water partition coefficient (Wildman–Crippen LogP) is -0.569. The van der Waals surface area contributed by atoms with Crippen molar-refractivity contribution in [3.63, 3.8) is 0 Å².